The van der Waals surface area contributed by atoms with Crippen LogP contribution in [0.3, 0.4) is 0 Å². The fraction of sp³-hybridized carbons (Fsp3) is 0.333. The lowest BCUT2D eigenvalue weighted by Gasteiger charge is -2.19. The van der Waals surface area contributed by atoms with Gasteiger partial charge in [-0.15, -0.1) is 0 Å². The Hall–Kier alpha value is -3.22. The zero-order chi connectivity index (χ0) is 20.1. The van der Waals surface area contributed by atoms with Crippen LogP contribution in [0.15, 0.2) is 42.5 Å². The summed E-state index contributed by atoms with van der Waals surface area (Å²) in [4.78, 5) is 23.5. The molecule has 0 aliphatic heterocycles. The monoisotopic (exact) mass is 384 g/mol. The Bertz CT molecular complexity index is 877. The van der Waals surface area contributed by atoms with Gasteiger partial charge >= 0.3 is 0 Å². The molecule has 0 radical (unpaired) electrons. The Morgan fingerprint density at radius 1 is 1.04 bits per heavy atom. The molecule has 7 heteroatoms. The van der Waals surface area contributed by atoms with Gasteiger partial charge in [0.15, 0.2) is 18.1 Å². The van der Waals surface area contributed by atoms with Crippen molar-refractivity contribution in [3.63, 3.8) is 0 Å². The van der Waals surface area contributed by atoms with Gasteiger partial charge in [-0.3, -0.25) is 9.59 Å². The Morgan fingerprint density at radius 2 is 1.75 bits per heavy atom. The number of hydrogen-bond donors (Lipinski definition) is 2. The van der Waals surface area contributed by atoms with Gasteiger partial charge in [-0.25, -0.2) is 0 Å². The minimum Gasteiger partial charge on any atom is -0.496 e. The molecule has 0 saturated heterocycles. The number of carbonyl (C=O) groups is 2. The third-order valence-electron chi connectivity index (χ3n) is 4.91. The van der Waals surface area contributed by atoms with E-state index in [2.05, 4.69) is 5.32 Å². The summed E-state index contributed by atoms with van der Waals surface area (Å²) < 4.78 is 16.0. The highest BCUT2D eigenvalue weighted by Crippen LogP contribution is 2.50. The fourth-order valence-corrected chi connectivity index (χ4v) is 3.20. The highest BCUT2D eigenvalue weighted by atomic mass is 16.5. The first-order valence-corrected chi connectivity index (χ1v) is 9.00. The number of primary amides is 1. The maximum Gasteiger partial charge on any atom is 0.255 e. The molecule has 1 saturated carbocycles. The lowest BCUT2D eigenvalue weighted by atomic mass is 9.94. The van der Waals surface area contributed by atoms with Gasteiger partial charge in [-0.1, -0.05) is 18.2 Å². The van der Waals surface area contributed by atoms with Crippen molar-refractivity contribution < 1.29 is 23.8 Å². The molecule has 28 heavy (non-hydrogen) atoms. The van der Waals surface area contributed by atoms with E-state index in [4.69, 9.17) is 19.9 Å². The minimum atomic E-state index is -0.588. The number of nitrogens with two attached hydrogens (primary N) is 1. The topological polar surface area (TPSA) is 99.9 Å². The van der Waals surface area contributed by atoms with E-state index >= 15 is 0 Å². The third kappa shape index (κ3) is 4.19. The number of methoxy groups -OCH3 is 2. The molecule has 2 amide bonds. The first kappa shape index (κ1) is 19.5. The first-order chi connectivity index (χ1) is 13.5. The number of hydrogen-bond acceptors (Lipinski definition) is 5. The molecule has 1 fully saturated rings. The zero-order valence-corrected chi connectivity index (χ0v) is 16.0. The predicted molar refractivity (Wildman–Crippen MR) is 104 cm³/mol. The largest absolute Gasteiger partial charge is 0.496 e. The summed E-state index contributed by atoms with van der Waals surface area (Å²) in [7, 11) is 3.12. The second kappa shape index (κ2) is 8.21. The molecule has 3 rings (SSSR count). The lowest BCUT2D eigenvalue weighted by Crippen LogP contribution is -2.32. The van der Waals surface area contributed by atoms with Crippen LogP contribution in [0, 0.1) is 0 Å². The van der Waals surface area contributed by atoms with Crippen LogP contribution < -0.4 is 25.3 Å². The van der Waals surface area contributed by atoms with Gasteiger partial charge in [-0.05, 0) is 37.1 Å². The van der Waals surface area contributed by atoms with Crippen LogP contribution in [0.5, 0.6) is 17.2 Å². The second-order valence-electron chi connectivity index (χ2n) is 6.78. The molecule has 7 nitrogen and oxygen atoms in total. The molecule has 0 aromatic heterocycles. The van der Waals surface area contributed by atoms with Crippen LogP contribution in [0.1, 0.15) is 28.8 Å². The predicted octanol–water partition coefficient (Wildman–Crippen LogP) is 2.03. The molecule has 2 aromatic carbocycles. The van der Waals surface area contributed by atoms with Gasteiger partial charge in [0.1, 0.15) is 5.75 Å². The average Bonchev–Trinajstić information content (AvgIpc) is 3.51. The standard InChI is InChI=1S/C21H24N2O5/c1-26-16-6-4-3-5-15(16)21(9-10-21)13-23-20(25)14-7-8-17(18(11-14)27-2)28-12-19(22)24/h3-8,11H,9-10,12-13H2,1-2H3,(H2,22,24)(H,23,25). The first-order valence-electron chi connectivity index (χ1n) is 9.00. The SMILES string of the molecule is COc1cc(C(=O)NCC2(c3ccccc3OC)CC2)ccc1OCC(N)=O. The summed E-state index contributed by atoms with van der Waals surface area (Å²) >= 11 is 0. The van der Waals surface area contributed by atoms with Gasteiger partial charge in [0.25, 0.3) is 11.8 Å². The van der Waals surface area contributed by atoms with E-state index in [1.807, 2.05) is 24.3 Å². The van der Waals surface area contributed by atoms with Gasteiger partial charge in [0, 0.05) is 23.1 Å². The van der Waals surface area contributed by atoms with Crippen molar-refractivity contribution in [2.24, 2.45) is 5.73 Å². The number of ether oxygens (including phenoxy) is 3. The summed E-state index contributed by atoms with van der Waals surface area (Å²) in [6.45, 7) is 0.262. The quantitative estimate of drug-likeness (QED) is 0.689. The van der Waals surface area contributed by atoms with Crippen LogP contribution in [0.2, 0.25) is 0 Å². The third-order valence-corrected chi connectivity index (χ3v) is 4.91. The van der Waals surface area contributed by atoms with E-state index in [0.29, 0.717) is 23.6 Å². The van der Waals surface area contributed by atoms with E-state index in [-0.39, 0.29) is 17.9 Å². The molecule has 2 aromatic rings. The molecule has 0 atom stereocenters. The number of benzene rings is 2. The van der Waals surface area contributed by atoms with Crippen LogP contribution in [0.4, 0.5) is 0 Å². The van der Waals surface area contributed by atoms with E-state index in [9.17, 15) is 9.59 Å². The molecule has 1 aliphatic carbocycles. The van der Waals surface area contributed by atoms with Crippen molar-refractivity contribution in [3.05, 3.63) is 53.6 Å². The zero-order valence-electron chi connectivity index (χ0n) is 16.0. The van der Waals surface area contributed by atoms with E-state index in [0.717, 1.165) is 24.2 Å². The van der Waals surface area contributed by atoms with Crippen molar-refractivity contribution in [1.82, 2.24) is 5.32 Å². The summed E-state index contributed by atoms with van der Waals surface area (Å²) in [5.74, 6) is 0.757. The second-order valence-corrected chi connectivity index (χ2v) is 6.78. The summed E-state index contributed by atoms with van der Waals surface area (Å²) in [5, 5.41) is 3.01. The summed E-state index contributed by atoms with van der Waals surface area (Å²) in [6, 6.07) is 12.7. The fourth-order valence-electron chi connectivity index (χ4n) is 3.20. The Labute approximate surface area is 163 Å². The molecule has 3 N–H and O–H groups in total. The average molecular weight is 384 g/mol. The van der Waals surface area contributed by atoms with Crippen molar-refractivity contribution in [2.75, 3.05) is 27.4 Å². The van der Waals surface area contributed by atoms with E-state index in [1.54, 1.807) is 25.3 Å². The molecule has 1 aliphatic rings. The Morgan fingerprint density at radius 3 is 2.39 bits per heavy atom. The number of carbonyl (C=O) groups excluding carboxylic acids is 2. The van der Waals surface area contributed by atoms with E-state index in [1.165, 1.54) is 7.11 Å². The number of para-hydroxylation sites is 1. The van der Waals surface area contributed by atoms with Crippen molar-refractivity contribution in [3.8, 4) is 17.2 Å². The van der Waals surface area contributed by atoms with Crippen molar-refractivity contribution >= 4 is 11.8 Å². The van der Waals surface area contributed by atoms with Crippen molar-refractivity contribution in [2.45, 2.75) is 18.3 Å². The van der Waals surface area contributed by atoms with Crippen LogP contribution in [-0.2, 0) is 10.2 Å². The number of amides is 2. The van der Waals surface area contributed by atoms with Gasteiger partial charge in [0.2, 0.25) is 0 Å². The normalized spacial score (nSPS) is 14.1. The summed E-state index contributed by atoms with van der Waals surface area (Å²) in [5.41, 5.74) is 6.56. The summed E-state index contributed by atoms with van der Waals surface area (Å²) in [6.07, 6.45) is 1.99. The smallest absolute Gasteiger partial charge is 0.255 e. The molecule has 0 spiro atoms. The van der Waals surface area contributed by atoms with Crippen LogP contribution in [-0.4, -0.2) is 39.2 Å². The molecular formula is C21H24N2O5. The van der Waals surface area contributed by atoms with Crippen LogP contribution in [0.25, 0.3) is 0 Å². The molecular weight excluding hydrogens is 360 g/mol. The Balaban J connectivity index is 1.69. The van der Waals surface area contributed by atoms with Gasteiger partial charge in [-0.2, -0.15) is 0 Å². The molecule has 0 heterocycles. The van der Waals surface area contributed by atoms with Gasteiger partial charge < -0.3 is 25.3 Å². The van der Waals surface area contributed by atoms with Crippen LogP contribution >= 0.6 is 0 Å². The highest BCUT2D eigenvalue weighted by Gasteiger charge is 2.46. The lowest BCUT2D eigenvalue weighted by molar-refractivity contribution is -0.119. The maximum absolute atomic E-state index is 12.6. The Kier molecular flexibility index (Phi) is 5.73. The van der Waals surface area contributed by atoms with E-state index < -0.39 is 5.91 Å². The maximum atomic E-state index is 12.6. The number of rotatable bonds is 9. The van der Waals surface area contributed by atoms with Crippen molar-refractivity contribution in [1.29, 1.82) is 0 Å². The highest BCUT2D eigenvalue weighted by molar-refractivity contribution is 5.95. The minimum absolute atomic E-state index is 0.0864. The number of nitrogens with one attached hydrogen (secondary N) is 1. The van der Waals surface area contributed by atoms with Gasteiger partial charge in [0.05, 0.1) is 14.2 Å². The molecule has 0 bridgehead atoms. The molecule has 148 valence electrons. The molecule has 0 unspecified atom stereocenters.